The number of hydrogen-bond acceptors (Lipinski definition) is 2. The predicted octanol–water partition coefficient (Wildman–Crippen LogP) is 3.13. The van der Waals surface area contributed by atoms with Gasteiger partial charge in [-0.3, -0.25) is 0 Å². The first-order valence-corrected chi connectivity index (χ1v) is 7.53. The molecule has 0 aromatic carbocycles. The molecule has 3 atom stereocenters. The summed E-state index contributed by atoms with van der Waals surface area (Å²) in [7, 11) is 0. The second kappa shape index (κ2) is 7.38. The van der Waals surface area contributed by atoms with Crippen molar-refractivity contribution in [3.8, 4) is 0 Å². The Morgan fingerprint density at radius 1 is 1.24 bits per heavy atom. The largest absolute Gasteiger partial charge is 0.311 e. The fourth-order valence-corrected chi connectivity index (χ4v) is 2.76. The molecule has 0 aromatic heterocycles. The van der Waals surface area contributed by atoms with E-state index in [2.05, 4.69) is 44.8 Å². The Labute approximate surface area is 108 Å². The van der Waals surface area contributed by atoms with Gasteiger partial charge in [-0.1, -0.05) is 20.8 Å². The molecule has 0 aromatic rings. The Morgan fingerprint density at radius 2 is 1.94 bits per heavy atom. The van der Waals surface area contributed by atoms with Crippen LogP contribution in [0, 0.1) is 11.8 Å². The van der Waals surface area contributed by atoms with Crippen LogP contribution in [0.2, 0.25) is 0 Å². The smallest absolute Gasteiger partial charge is 0.00818 e. The molecule has 1 heterocycles. The van der Waals surface area contributed by atoms with Gasteiger partial charge in [0.1, 0.15) is 0 Å². The Balaban J connectivity index is 2.37. The lowest BCUT2D eigenvalue weighted by Gasteiger charge is -2.37. The van der Waals surface area contributed by atoms with E-state index < -0.39 is 0 Å². The number of nitrogens with one attached hydrogen (secondary N) is 1. The summed E-state index contributed by atoms with van der Waals surface area (Å²) >= 11 is 0. The summed E-state index contributed by atoms with van der Waals surface area (Å²) in [5.41, 5.74) is 0. The molecular formula is C15H32N2. The van der Waals surface area contributed by atoms with E-state index in [1.807, 2.05) is 0 Å². The molecule has 0 amide bonds. The normalized spacial score (nSPS) is 26.1. The van der Waals surface area contributed by atoms with Crippen LogP contribution in [0.15, 0.2) is 0 Å². The van der Waals surface area contributed by atoms with Gasteiger partial charge in [-0.05, 0) is 58.0 Å². The lowest BCUT2D eigenvalue weighted by molar-refractivity contribution is 0.144. The summed E-state index contributed by atoms with van der Waals surface area (Å²) in [6.45, 7) is 15.5. The van der Waals surface area contributed by atoms with Crippen molar-refractivity contribution in [1.82, 2.24) is 10.2 Å². The van der Waals surface area contributed by atoms with Crippen LogP contribution in [0.5, 0.6) is 0 Å². The second-order valence-corrected chi connectivity index (χ2v) is 6.19. The molecule has 1 N–H and O–H groups in total. The molecule has 1 aliphatic heterocycles. The lowest BCUT2D eigenvalue weighted by Crippen LogP contribution is -2.48. The molecule has 0 spiro atoms. The highest BCUT2D eigenvalue weighted by molar-refractivity contribution is 4.82. The summed E-state index contributed by atoms with van der Waals surface area (Å²) in [5, 5.41) is 3.78. The maximum atomic E-state index is 3.78. The van der Waals surface area contributed by atoms with Crippen molar-refractivity contribution in [2.45, 2.75) is 66.0 Å². The van der Waals surface area contributed by atoms with Crippen LogP contribution in [-0.4, -0.2) is 36.6 Å². The SMILES string of the molecule is CCCN1CCCC(C(C)NC(C)C(C)C)C1. The van der Waals surface area contributed by atoms with E-state index in [0.717, 1.165) is 11.8 Å². The van der Waals surface area contributed by atoms with Gasteiger partial charge in [0.25, 0.3) is 0 Å². The van der Waals surface area contributed by atoms with Crippen molar-refractivity contribution in [3.63, 3.8) is 0 Å². The van der Waals surface area contributed by atoms with Crippen molar-refractivity contribution in [1.29, 1.82) is 0 Å². The number of rotatable bonds is 6. The van der Waals surface area contributed by atoms with Crippen LogP contribution in [0.4, 0.5) is 0 Å². The van der Waals surface area contributed by atoms with E-state index in [9.17, 15) is 0 Å². The number of hydrogen-bond donors (Lipinski definition) is 1. The predicted molar refractivity (Wildman–Crippen MR) is 76.4 cm³/mol. The maximum absolute atomic E-state index is 3.78. The fraction of sp³-hybridized carbons (Fsp3) is 1.00. The maximum Gasteiger partial charge on any atom is 0.00818 e. The number of piperidine rings is 1. The molecule has 3 unspecified atom stereocenters. The summed E-state index contributed by atoms with van der Waals surface area (Å²) in [5.74, 6) is 1.57. The monoisotopic (exact) mass is 240 g/mol. The van der Waals surface area contributed by atoms with Gasteiger partial charge < -0.3 is 10.2 Å². The van der Waals surface area contributed by atoms with Crippen molar-refractivity contribution in [2.24, 2.45) is 11.8 Å². The van der Waals surface area contributed by atoms with Crippen LogP contribution in [0.3, 0.4) is 0 Å². The molecule has 0 aliphatic carbocycles. The fourth-order valence-electron chi connectivity index (χ4n) is 2.76. The van der Waals surface area contributed by atoms with Gasteiger partial charge in [0.05, 0.1) is 0 Å². The Bertz CT molecular complexity index is 201. The minimum Gasteiger partial charge on any atom is -0.311 e. The van der Waals surface area contributed by atoms with Gasteiger partial charge in [-0.2, -0.15) is 0 Å². The summed E-state index contributed by atoms with van der Waals surface area (Å²) in [6, 6.07) is 1.29. The standard InChI is InChI=1S/C15H32N2/c1-6-9-17-10-7-8-15(11-17)14(5)16-13(4)12(2)3/h12-16H,6-11H2,1-5H3. The summed E-state index contributed by atoms with van der Waals surface area (Å²) < 4.78 is 0. The van der Waals surface area contributed by atoms with Gasteiger partial charge in [-0.15, -0.1) is 0 Å². The topological polar surface area (TPSA) is 15.3 Å². The lowest BCUT2D eigenvalue weighted by atomic mass is 9.90. The van der Waals surface area contributed by atoms with E-state index in [-0.39, 0.29) is 0 Å². The van der Waals surface area contributed by atoms with Crippen LogP contribution >= 0.6 is 0 Å². The molecule has 1 aliphatic rings. The zero-order valence-corrected chi connectivity index (χ0v) is 12.5. The molecule has 2 heteroatoms. The van der Waals surface area contributed by atoms with Crippen molar-refractivity contribution >= 4 is 0 Å². The van der Waals surface area contributed by atoms with E-state index >= 15 is 0 Å². The molecule has 0 saturated carbocycles. The first-order chi connectivity index (χ1) is 8.04. The highest BCUT2D eigenvalue weighted by Crippen LogP contribution is 2.20. The van der Waals surface area contributed by atoms with Gasteiger partial charge in [0, 0.05) is 18.6 Å². The minimum atomic E-state index is 0.631. The highest BCUT2D eigenvalue weighted by Gasteiger charge is 2.25. The molecule has 1 saturated heterocycles. The Morgan fingerprint density at radius 3 is 2.53 bits per heavy atom. The zero-order valence-electron chi connectivity index (χ0n) is 12.5. The average molecular weight is 240 g/mol. The minimum absolute atomic E-state index is 0.631. The van der Waals surface area contributed by atoms with Crippen molar-refractivity contribution in [3.05, 3.63) is 0 Å². The quantitative estimate of drug-likeness (QED) is 0.767. The average Bonchev–Trinajstić information content (AvgIpc) is 2.29. The van der Waals surface area contributed by atoms with Gasteiger partial charge in [-0.25, -0.2) is 0 Å². The molecule has 1 rings (SSSR count). The highest BCUT2D eigenvalue weighted by atomic mass is 15.1. The van der Waals surface area contributed by atoms with Crippen LogP contribution < -0.4 is 5.32 Å². The van der Waals surface area contributed by atoms with E-state index in [1.54, 1.807) is 0 Å². The van der Waals surface area contributed by atoms with Gasteiger partial charge in [0.15, 0.2) is 0 Å². The first kappa shape index (κ1) is 15.0. The van der Waals surface area contributed by atoms with Gasteiger partial charge in [0.2, 0.25) is 0 Å². The summed E-state index contributed by atoms with van der Waals surface area (Å²) in [4.78, 5) is 2.65. The van der Waals surface area contributed by atoms with E-state index in [1.165, 1.54) is 38.9 Å². The Kier molecular flexibility index (Phi) is 6.50. The zero-order chi connectivity index (χ0) is 12.8. The van der Waals surface area contributed by atoms with Crippen LogP contribution in [0.25, 0.3) is 0 Å². The molecular weight excluding hydrogens is 208 g/mol. The number of likely N-dealkylation sites (tertiary alicyclic amines) is 1. The molecule has 102 valence electrons. The summed E-state index contributed by atoms with van der Waals surface area (Å²) in [6.07, 6.45) is 4.07. The van der Waals surface area contributed by atoms with E-state index in [0.29, 0.717) is 12.1 Å². The van der Waals surface area contributed by atoms with Crippen LogP contribution in [0.1, 0.15) is 53.9 Å². The number of nitrogens with zero attached hydrogens (tertiary/aromatic N) is 1. The molecule has 17 heavy (non-hydrogen) atoms. The second-order valence-electron chi connectivity index (χ2n) is 6.19. The molecule has 0 radical (unpaired) electrons. The molecule has 0 bridgehead atoms. The third kappa shape index (κ3) is 4.97. The third-order valence-corrected chi connectivity index (χ3v) is 4.31. The van der Waals surface area contributed by atoms with E-state index in [4.69, 9.17) is 0 Å². The Hall–Kier alpha value is -0.0800. The molecule has 1 fully saturated rings. The van der Waals surface area contributed by atoms with Crippen molar-refractivity contribution < 1.29 is 0 Å². The third-order valence-electron chi connectivity index (χ3n) is 4.31. The van der Waals surface area contributed by atoms with Gasteiger partial charge >= 0.3 is 0 Å². The van der Waals surface area contributed by atoms with Crippen molar-refractivity contribution in [2.75, 3.05) is 19.6 Å². The molecule has 2 nitrogen and oxygen atoms in total. The van der Waals surface area contributed by atoms with Crippen LogP contribution in [-0.2, 0) is 0 Å². The first-order valence-electron chi connectivity index (χ1n) is 7.53.